The number of rotatable bonds is 4. The lowest BCUT2D eigenvalue weighted by Gasteiger charge is -2.11. The topological polar surface area (TPSA) is 35.0 Å². The number of ether oxygens (including phenoxy) is 1. The van der Waals surface area contributed by atoms with Crippen LogP contribution in [-0.4, -0.2) is 17.1 Å². The van der Waals surface area contributed by atoms with E-state index in [1.165, 1.54) is 11.1 Å². The van der Waals surface area contributed by atoms with Gasteiger partial charge in [-0.3, -0.25) is 0 Å². The van der Waals surface area contributed by atoms with Crippen molar-refractivity contribution in [2.24, 2.45) is 0 Å². The molecule has 0 radical (unpaired) electrons. The second-order valence-electron chi connectivity index (χ2n) is 4.53. The van der Waals surface area contributed by atoms with Gasteiger partial charge in [-0.2, -0.15) is 0 Å². The number of nitrogens with zero attached hydrogens (tertiary/aromatic N) is 2. The van der Waals surface area contributed by atoms with Crippen molar-refractivity contribution >= 4 is 11.6 Å². The SMILES string of the molecule is COCc1nc(C)c(Cc2ccccc2C)c(Cl)n1. The zero-order chi connectivity index (χ0) is 13.8. The number of aromatic nitrogens is 2. The minimum absolute atomic E-state index is 0.380. The summed E-state index contributed by atoms with van der Waals surface area (Å²) in [6, 6.07) is 8.27. The molecule has 3 nitrogen and oxygen atoms in total. The number of aryl methyl sites for hydroxylation is 2. The molecule has 0 aliphatic rings. The van der Waals surface area contributed by atoms with Gasteiger partial charge in [0.2, 0.25) is 0 Å². The normalized spacial score (nSPS) is 10.7. The van der Waals surface area contributed by atoms with Gasteiger partial charge in [-0.25, -0.2) is 9.97 Å². The summed E-state index contributed by atoms with van der Waals surface area (Å²) in [5.74, 6) is 0.624. The zero-order valence-corrected chi connectivity index (χ0v) is 12.2. The molecule has 0 saturated carbocycles. The summed E-state index contributed by atoms with van der Waals surface area (Å²) in [4.78, 5) is 8.71. The number of hydrogen-bond donors (Lipinski definition) is 0. The third-order valence-corrected chi connectivity index (χ3v) is 3.42. The molecule has 0 spiro atoms. The van der Waals surface area contributed by atoms with Gasteiger partial charge in [-0.05, 0) is 25.0 Å². The Bertz CT molecular complexity index is 561. The van der Waals surface area contributed by atoms with E-state index < -0.39 is 0 Å². The van der Waals surface area contributed by atoms with Crippen LogP contribution in [0, 0.1) is 13.8 Å². The molecular weight excluding hydrogens is 260 g/mol. The summed E-state index contributed by atoms with van der Waals surface area (Å²) in [5, 5.41) is 0.516. The number of hydrogen-bond acceptors (Lipinski definition) is 3. The third kappa shape index (κ3) is 3.31. The molecule has 2 rings (SSSR count). The first-order valence-electron chi connectivity index (χ1n) is 6.17. The van der Waals surface area contributed by atoms with Crippen molar-refractivity contribution in [3.63, 3.8) is 0 Å². The lowest BCUT2D eigenvalue weighted by atomic mass is 10.0. The van der Waals surface area contributed by atoms with E-state index in [1.807, 2.05) is 19.1 Å². The molecule has 0 atom stereocenters. The average Bonchev–Trinajstić information content (AvgIpc) is 2.36. The van der Waals surface area contributed by atoms with Crippen LogP contribution >= 0.6 is 11.6 Å². The number of halogens is 1. The predicted octanol–water partition coefficient (Wildman–Crippen LogP) is 3.48. The van der Waals surface area contributed by atoms with Crippen molar-refractivity contribution in [2.45, 2.75) is 26.9 Å². The maximum atomic E-state index is 6.27. The Morgan fingerprint density at radius 2 is 1.89 bits per heavy atom. The van der Waals surface area contributed by atoms with E-state index in [2.05, 4.69) is 29.0 Å². The van der Waals surface area contributed by atoms with Crippen molar-refractivity contribution in [2.75, 3.05) is 7.11 Å². The molecule has 0 unspecified atom stereocenters. The Balaban J connectivity index is 2.33. The molecule has 1 aromatic heterocycles. The fourth-order valence-electron chi connectivity index (χ4n) is 2.01. The van der Waals surface area contributed by atoms with Gasteiger partial charge in [0, 0.05) is 24.8 Å². The van der Waals surface area contributed by atoms with Gasteiger partial charge in [0.1, 0.15) is 11.8 Å². The summed E-state index contributed by atoms with van der Waals surface area (Å²) in [6.45, 7) is 4.43. The predicted molar refractivity (Wildman–Crippen MR) is 76.5 cm³/mol. The standard InChI is InChI=1S/C15H17ClN2O/c1-10-6-4-5-7-12(10)8-13-11(2)17-14(9-19-3)18-15(13)16/h4-7H,8-9H2,1-3H3. The highest BCUT2D eigenvalue weighted by Crippen LogP contribution is 2.22. The lowest BCUT2D eigenvalue weighted by Crippen LogP contribution is -2.05. The zero-order valence-electron chi connectivity index (χ0n) is 11.4. The van der Waals surface area contributed by atoms with Gasteiger partial charge >= 0.3 is 0 Å². The average molecular weight is 277 g/mol. The van der Waals surface area contributed by atoms with E-state index in [9.17, 15) is 0 Å². The van der Waals surface area contributed by atoms with E-state index in [4.69, 9.17) is 16.3 Å². The Hall–Kier alpha value is -1.45. The van der Waals surface area contributed by atoms with Crippen LogP contribution in [0.25, 0.3) is 0 Å². The molecule has 100 valence electrons. The second kappa shape index (κ2) is 6.13. The second-order valence-corrected chi connectivity index (χ2v) is 4.89. The van der Waals surface area contributed by atoms with E-state index in [0.717, 1.165) is 17.7 Å². The van der Waals surface area contributed by atoms with E-state index in [0.29, 0.717) is 17.6 Å². The molecule has 0 bridgehead atoms. The van der Waals surface area contributed by atoms with Crippen LogP contribution in [0.15, 0.2) is 24.3 Å². The van der Waals surface area contributed by atoms with Gasteiger partial charge in [-0.15, -0.1) is 0 Å². The first-order valence-corrected chi connectivity index (χ1v) is 6.55. The number of benzene rings is 1. The molecule has 0 amide bonds. The Kier molecular flexibility index (Phi) is 4.51. The van der Waals surface area contributed by atoms with Crippen LogP contribution in [0.1, 0.15) is 28.2 Å². The Labute approximate surface area is 118 Å². The van der Waals surface area contributed by atoms with E-state index in [-0.39, 0.29) is 0 Å². The highest BCUT2D eigenvalue weighted by Gasteiger charge is 2.11. The summed E-state index contributed by atoms with van der Waals surface area (Å²) >= 11 is 6.27. The number of methoxy groups -OCH3 is 1. The highest BCUT2D eigenvalue weighted by atomic mass is 35.5. The van der Waals surface area contributed by atoms with Gasteiger partial charge in [-0.1, -0.05) is 35.9 Å². The van der Waals surface area contributed by atoms with Gasteiger partial charge < -0.3 is 4.74 Å². The fourth-order valence-corrected chi connectivity index (χ4v) is 2.31. The molecule has 2 aromatic rings. The van der Waals surface area contributed by atoms with Crippen LogP contribution in [0.2, 0.25) is 5.15 Å². The minimum Gasteiger partial charge on any atom is -0.377 e. The van der Waals surface area contributed by atoms with Gasteiger partial charge in [0.15, 0.2) is 5.82 Å². The van der Waals surface area contributed by atoms with Crippen molar-refractivity contribution in [1.29, 1.82) is 0 Å². The summed E-state index contributed by atoms with van der Waals surface area (Å²) < 4.78 is 5.03. The molecule has 0 N–H and O–H groups in total. The molecule has 19 heavy (non-hydrogen) atoms. The molecule has 4 heteroatoms. The minimum atomic E-state index is 0.380. The van der Waals surface area contributed by atoms with E-state index >= 15 is 0 Å². The molecule has 0 aliphatic carbocycles. The molecule has 1 aromatic carbocycles. The maximum absolute atomic E-state index is 6.27. The first-order chi connectivity index (χ1) is 9.11. The van der Waals surface area contributed by atoms with Gasteiger partial charge in [0.05, 0.1) is 0 Å². The van der Waals surface area contributed by atoms with Crippen molar-refractivity contribution in [3.05, 3.63) is 57.6 Å². The van der Waals surface area contributed by atoms with Crippen LogP contribution in [-0.2, 0) is 17.8 Å². The van der Waals surface area contributed by atoms with Gasteiger partial charge in [0.25, 0.3) is 0 Å². The summed E-state index contributed by atoms with van der Waals surface area (Å²) in [5.41, 5.74) is 4.39. The smallest absolute Gasteiger partial charge is 0.155 e. The quantitative estimate of drug-likeness (QED) is 0.802. The molecule has 0 saturated heterocycles. The third-order valence-electron chi connectivity index (χ3n) is 3.11. The van der Waals surface area contributed by atoms with Crippen LogP contribution < -0.4 is 0 Å². The maximum Gasteiger partial charge on any atom is 0.155 e. The van der Waals surface area contributed by atoms with Crippen molar-refractivity contribution < 1.29 is 4.74 Å². The molecule has 1 heterocycles. The Morgan fingerprint density at radius 3 is 2.53 bits per heavy atom. The summed E-state index contributed by atoms with van der Waals surface area (Å²) in [7, 11) is 1.62. The van der Waals surface area contributed by atoms with Crippen LogP contribution in [0.5, 0.6) is 0 Å². The monoisotopic (exact) mass is 276 g/mol. The fraction of sp³-hybridized carbons (Fsp3) is 0.333. The molecule has 0 aliphatic heterocycles. The largest absolute Gasteiger partial charge is 0.377 e. The van der Waals surface area contributed by atoms with Crippen molar-refractivity contribution in [1.82, 2.24) is 9.97 Å². The lowest BCUT2D eigenvalue weighted by molar-refractivity contribution is 0.177. The van der Waals surface area contributed by atoms with Crippen LogP contribution in [0.3, 0.4) is 0 Å². The molecular formula is C15H17ClN2O. The van der Waals surface area contributed by atoms with Crippen LogP contribution in [0.4, 0.5) is 0 Å². The van der Waals surface area contributed by atoms with E-state index in [1.54, 1.807) is 7.11 Å². The Morgan fingerprint density at radius 1 is 1.16 bits per heavy atom. The van der Waals surface area contributed by atoms with Crippen molar-refractivity contribution in [3.8, 4) is 0 Å². The first kappa shape index (κ1) is 14.0. The highest BCUT2D eigenvalue weighted by molar-refractivity contribution is 6.30. The summed E-state index contributed by atoms with van der Waals surface area (Å²) in [6.07, 6.45) is 0.755. The molecule has 0 fully saturated rings.